The van der Waals surface area contributed by atoms with Gasteiger partial charge in [0.1, 0.15) is 11.6 Å². The summed E-state index contributed by atoms with van der Waals surface area (Å²) in [4.78, 5) is 15.0. The molecule has 2 aromatic rings. The molecule has 0 aliphatic carbocycles. The van der Waals surface area contributed by atoms with E-state index in [-0.39, 0.29) is 23.9 Å². The predicted molar refractivity (Wildman–Crippen MR) is 106 cm³/mol. The number of carbonyl (C=O) groups excluding carboxylic acids is 1. The molecule has 2 fully saturated rings. The molecule has 0 saturated carbocycles. The number of fused-ring (bicyclic) bond motifs is 2. The summed E-state index contributed by atoms with van der Waals surface area (Å²) >= 11 is 0. The number of rotatable bonds is 5. The van der Waals surface area contributed by atoms with Gasteiger partial charge in [0, 0.05) is 24.7 Å². The summed E-state index contributed by atoms with van der Waals surface area (Å²) in [5, 5.41) is 2.74. The van der Waals surface area contributed by atoms with Crippen LogP contribution in [0.3, 0.4) is 0 Å². The van der Waals surface area contributed by atoms with Gasteiger partial charge in [-0.15, -0.1) is 0 Å². The maximum absolute atomic E-state index is 13.3. The number of amides is 1. The van der Waals surface area contributed by atoms with Gasteiger partial charge in [0.2, 0.25) is 0 Å². The lowest BCUT2D eigenvalue weighted by Crippen LogP contribution is -2.51. The van der Waals surface area contributed by atoms with Gasteiger partial charge in [-0.1, -0.05) is 12.1 Å². The Bertz CT molecular complexity index is 930. The average Bonchev–Trinajstić information content (AvgIpc) is 2.95. The number of alkyl halides is 3. The summed E-state index contributed by atoms with van der Waals surface area (Å²) in [6, 6.07) is 8.81. The Morgan fingerprint density at radius 1 is 0.968 bits per heavy atom. The summed E-state index contributed by atoms with van der Waals surface area (Å²) < 4.78 is 66.1. The Balaban J connectivity index is 1.38. The number of nitrogens with zero attached hydrogens (tertiary/aromatic N) is 1. The first-order chi connectivity index (χ1) is 14.7. The zero-order chi connectivity index (χ0) is 22.2. The van der Waals surface area contributed by atoms with Crippen molar-refractivity contribution in [2.45, 2.75) is 56.4 Å². The molecule has 8 heteroatoms. The summed E-state index contributed by atoms with van der Waals surface area (Å²) in [5.41, 5.74) is -0.767. The highest BCUT2D eigenvalue weighted by Crippen LogP contribution is 2.37. The van der Waals surface area contributed by atoms with Gasteiger partial charge in [-0.05, 0) is 68.0 Å². The van der Waals surface area contributed by atoms with Gasteiger partial charge < -0.3 is 5.32 Å². The number of hydrogen-bond donors (Lipinski definition) is 1. The highest BCUT2D eigenvalue weighted by Gasteiger charge is 2.41. The highest BCUT2D eigenvalue weighted by atomic mass is 19.4. The second-order valence-corrected chi connectivity index (χ2v) is 8.33. The third-order valence-corrected chi connectivity index (χ3v) is 6.32. The quantitative estimate of drug-likeness (QED) is 0.670. The largest absolute Gasteiger partial charge is 0.417 e. The average molecular weight is 438 g/mol. The lowest BCUT2D eigenvalue weighted by Gasteiger charge is -2.39. The third-order valence-electron chi connectivity index (χ3n) is 6.32. The van der Waals surface area contributed by atoms with Crippen LogP contribution in [0.4, 0.5) is 22.0 Å². The fourth-order valence-corrected chi connectivity index (χ4v) is 4.88. The Morgan fingerprint density at radius 2 is 1.58 bits per heavy atom. The molecule has 0 aromatic heterocycles. The monoisotopic (exact) mass is 438 g/mol. The number of benzene rings is 2. The van der Waals surface area contributed by atoms with Crippen LogP contribution in [-0.4, -0.2) is 35.5 Å². The molecule has 2 aromatic carbocycles. The first kappa shape index (κ1) is 21.7. The van der Waals surface area contributed by atoms with E-state index < -0.39 is 29.0 Å². The van der Waals surface area contributed by atoms with E-state index in [1.165, 1.54) is 12.1 Å². The molecule has 2 bridgehead atoms. The maximum Gasteiger partial charge on any atom is 0.417 e. The molecular weight excluding hydrogens is 415 g/mol. The molecule has 2 atom stereocenters. The van der Waals surface area contributed by atoms with Crippen LogP contribution >= 0.6 is 0 Å². The minimum Gasteiger partial charge on any atom is -0.349 e. The zero-order valence-corrected chi connectivity index (χ0v) is 16.8. The molecule has 1 amide bonds. The molecule has 2 aliphatic rings. The lowest BCUT2D eigenvalue weighted by molar-refractivity contribution is -0.138. The van der Waals surface area contributed by atoms with Crippen molar-refractivity contribution in [3.8, 4) is 0 Å². The molecule has 2 unspecified atom stereocenters. The zero-order valence-electron chi connectivity index (χ0n) is 16.8. The number of nitrogens with one attached hydrogen (secondary N) is 1. The molecule has 166 valence electrons. The van der Waals surface area contributed by atoms with Crippen molar-refractivity contribution in [2.75, 3.05) is 6.54 Å². The summed E-state index contributed by atoms with van der Waals surface area (Å²) in [6.45, 7) is 0.817. The van der Waals surface area contributed by atoms with Crippen LogP contribution in [-0.2, 0) is 12.6 Å². The topological polar surface area (TPSA) is 32.3 Å². The van der Waals surface area contributed by atoms with Crippen LogP contribution in [0.15, 0.2) is 42.5 Å². The number of hydrogen-bond acceptors (Lipinski definition) is 2. The molecular formula is C23H23F5N2O. The lowest BCUT2D eigenvalue weighted by atomic mass is 9.95. The highest BCUT2D eigenvalue weighted by molar-refractivity contribution is 5.96. The Morgan fingerprint density at radius 3 is 2.19 bits per heavy atom. The van der Waals surface area contributed by atoms with E-state index in [0.29, 0.717) is 18.9 Å². The van der Waals surface area contributed by atoms with Crippen molar-refractivity contribution in [3.05, 3.63) is 70.8 Å². The Labute approximate surface area is 177 Å². The van der Waals surface area contributed by atoms with E-state index in [1.807, 2.05) is 0 Å². The molecule has 3 nitrogen and oxygen atoms in total. The van der Waals surface area contributed by atoms with Crippen LogP contribution in [0, 0.1) is 11.6 Å². The normalized spacial score (nSPS) is 23.7. The van der Waals surface area contributed by atoms with Crippen molar-refractivity contribution in [2.24, 2.45) is 0 Å². The first-order valence-corrected chi connectivity index (χ1v) is 10.4. The van der Waals surface area contributed by atoms with Gasteiger partial charge in [0.05, 0.1) is 11.1 Å². The maximum atomic E-state index is 13.3. The molecule has 2 heterocycles. The van der Waals surface area contributed by atoms with Gasteiger partial charge in [-0.25, -0.2) is 8.78 Å². The van der Waals surface area contributed by atoms with E-state index >= 15 is 0 Å². The van der Waals surface area contributed by atoms with E-state index in [0.717, 1.165) is 43.5 Å². The fourth-order valence-electron chi connectivity index (χ4n) is 4.88. The minimum atomic E-state index is -4.81. The van der Waals surface area contributed by atoms with Crippen LogP contribution in [0.2, 0.25) is 0 Å². The standard InChI is InChI=1S/C23H23F5N2O/c24-15-3-1-14(2-4-15)9-10-30-18-6-7-19(30)13-17(12-18)29-22(31)20-8-5-16(25)11-21(20)23(26,27)28/h1-5,8,11,17-19H,6-7,9-10,12-13H2,(H,29,31). The van der Waals surface area contributed by atoms with Crippen LogP contribution in [0.5, 0.6) is 0 Å². The van der Waals surface area contributed by atoms with Crippen LogP contribution in [0.1, 0.15) is 47.2 Å². The van der Waals surface area contributed by atoms with Crippen molar-refractivity contribution < 1.29 is 26.7 Å². The van der Waals surface area contributed by atoms with E-state index in [9.17, 15) is 26.7 Å². The van der Waals surface area contributed by atoms with E-state index in [1.54, 1.807) is 12.1 Å². The van der Waals surface area contributed by atoms with Crippen LogP contribution in [0.25, 0.3) is 0 Å². The molecule has 1 N–H and O–H groups in total. The van der Waals surface area contributed by atoms with E-state index in [4.69, 9.17) is 0 Å². The van der Waals surface area contributed by atoms with Crippen molar-refractivity contribution >= 4 is 5.91 Å². The van der Waals surface area contributed by atoms with Gasteiger partial charge in [0.15, 0.2) is 0 Å². The van der Waals surface area contributed by atoms with Crippen molar-refractivity contribution in [1.82, 2.24) is 10.2 Å². The minimum absolute atomic E-state index is 0.224. The smallest absolute Gasteiger partial charge is 0.349 e. The SMILES string of the molecule is O=C(NC1CC2CCC(C1)N2CCc1ccc(F)cc1)c1ccc(F)cc1C(F)(F)F. The summed E-state index contributed by atoms with van der Waals surface area (Å²) in [6.07, 6.45) is -0.746. The Hall–Kier alpha value is -2.48. The first-order valence-electron chi connectivity index (χ1n) is 10.4. The van der Waals surface area contributed by atoms with Gasteiger partial charge in [-0.3, -0.25) is 9.69 Å². The third kappa shape index (κ3) is 4.89. The molecule has 2 saturated heterocycles. The molecule has 4 rings (SSSR count). The van der Waals surface area contributed by atoms with E-state index in [2.05, 4.69) is 10.2 Å². The second kappa shape index (κ2) is 8.57. The molecule has 31 heavy (non-hydrogen) atoms. The molecule has 0 radical (unpaired) electrons. The number of carbonyl (C=O) groups is 1. The van der Waals surface area contributed by atoms with Gasteiger partial charge >= 0.3 is 6.18 Å². The second-order valence-electron chi connectivity index (χ2n) is 8.33. The summed E-state index contributed by atoms with van der Waals surface area (Å²) in [7, 11) is 0. The molecule has 2 aliphatic heterocycles. The van der Waals surface area contributed by atoms with Gasteiger partial charge in [-0.2, -0.15) is 13.2 Å². The Kier molecular flexibility index (Phi) is 6.01. The fraction of sp³-hybridized carbons (Fsp3) is 0.435. The number of halogens is 5. The van der Waals surface area contributed by atoms with Gasteiger partial charge in [0.25, 0.3) is 5.91 Å². The summed E-state index contributed by atoms with van der Waals surface area (Å²) in [5.74, 6) is -2.12. The molecule has 0 spiro atoms. The number of piperidine rings is 1. The predicted octanol–water partition coefficient (Wildman–Crippen LogP) is 4.95. The van der Waals surface area contributed by atoms with Crippen molar-refractivity contribution in [3.63, 3.8) is 0 Å². The van der Waals surface area contributed by atoms with Crippen molar-refractivity contribution in [1.29, 1.82) is 0 Å². The van der Waals surface area contributed by atoms with Crippen LogP contribution < -0.4 is 5.32 Å².